The van der Waals surface area contributed by atoms with E-state index in [1.807, 2.05) is 61.6 Å². The van der Waals surface area contributed by atoms with Crippen molar-refractivity contribution >= 4 is 23.7 Å². The third-order valence-electron chi connectivity index (χ3n) is 6.65. The van der Waals surface area contributed by atoms with Gasteiger partial charge in [-0.2, -0.15) is 15.0 Å². The van der Waals surface area contributed by atoms with Gasteiger partial charge in [0.2, 0.25) is 11.9 Å². The standard InChI is InChI=1S/C22H39N7O2S/c1-19(2)10-14(11-20(3,4)28(19)30)23-16-25-17(27-18(26-16)32-9)24-15-12-21(5,6)29(31)22(7,8)13-15/h14-15H,10-13H2,1-9H3,(H2,23,24,25,26,27). The average molecular weight is 466 g/mol. The molecule has 9 nitrogen and oxygen atoms in total. The molecule has 2 saturated heterocycles. The van der Waals surface area contributed by atoms with Gasteiger partial charge in [0.15, 0.2) is 5.16 Å². The summed E-state index contributed by atoms with van der Waals surface area (Å²) in [4.78, 5) is 13.8. The minimum Gasteiger partial charge on any atom is -0.351 e. The lowest BCUT2D eigenvalue weighted by atomic mass is 9.79. The molecule has 2 N–H and O–H groups in total. The summed E-state index contributed by atoms with van der Waals surface area (Å²) >= 11 is 1.46. The second kappa shape index (κ2) is 8.54. The van der Waals surface area contributed by atoms with Crippen molar-refractivity contribution in [3.8, 4) is 0 Å². The molecule has 10 heteroatoms. The molecule has 0 unspecified atom stereocenters. The average Bonchev–Trinajstić information content (AvgIpc) is 2.63. The second-order valence-corrected chi connectivity index (χ2v) is 12.6. The van der Waals surface area contributed by atoms with Crippen LogP contribution in [0.3, 0.4) is 0 Å². The fraction of sp³-hybridized carbons (Fsp3) is 0.864. The van der Waals surface area contributed by atoms with Crippen molar-refractivity contribution in [3.63, 3.8) is 0 Å². The van der Waals surface area contributed by atoms with E-state index >= 15 is 0 Å². The Morgan fingerprint density at radius 3 is 1.28 bits per heavy atom. The van der Waals surface area contributed by atoms with Gasteiger partial charge in [0.1, 0.15) is 0 Å². The first-order valence-corrected chi connectivity index (χ1v) is 12.6. The fourth-order valence-electron chi connectivity index (χ4n) is 5.67. The number of nitrogens with zero attached hydrogens (tertiary/aromatic N) is 5. The number of hydroxylamine groups is 4. The summed E-state index contributed by atoms with van der Waals surface area (Å²) in [6, 6.07) is 0.161. The van der Waals surface area contributed by atoms with Gasteiger partial charge in [-0.1, -0.05) is 11.8 Å². The Bertz CT molecular complexity index is 732. The van der Waals surface area contributed by atoms with E-state index in [1.54, 1.807) is 0 Å². The Kier molecular flexibility index (Phi) is 6.78. The molecule has 0 spiro atoms. The predicted molar refractivity (Wildman–Crippen MR) is 126 cm³/mol. The molecule has 2 aliphatic heterocycles. The van der Waals surface area contributed by atoms with E-state index in [9.17, 15) is 10.4 Å². The number of nitrogens with one attached hydrogen (secondary N) is 2. The van der Waals surface area contributed by atoms with Gasteiger partial charge in [0.05, 0.1) is 0 Å². The van der Waals surface area contributed by atoms with Crippen molar-refractivity contribution in [1.82, 2.24) is 25.1 Å². The van der Waals surface area contributed by atoms with Crippen LogP contribution >= 0.6 is 11.8 Å². The lowest BCUT2D eigenvalue weighted by molar-refractivity contribution is -0.288. The van der Waals surface area contributed by atoms with E-state index in [2.05, 4.69) is 25.6 Å². The minimum absolute atomic E-state index is 0.0803. The van der Waals surface area contributed by atoms with E-state index in [-0.39, 0.29) is 12.1 Å². The zero-order valence-corrected chi connectivity index (χ0v) is 21.8. The third kappa shape index (κ3) is 5.30. The molecule has 2 radical (unpaired) electrons. The smallest absolute Gasteiger partial charge is 0.228 e. The number of thioether (sulfide) groups is 1. The van der Waals surface area contributed by atoms with Crippen LogP contribution in [0.5, 0.6) is 0 Å². The second-order valence-electron chi connectivity index (χ2n) is 11.8. The van der Waals surface area contributed by atoms with E-state index in [0.29, 0.717) is 42.7 Å². The molecule has 0 atom stereocenters. The molecule has 1 aromatic heterocycles. The van der Waals surface area contributed by atoms with E-state index in [0.717, 1.165) is 0 Å². The number of anilines is 2. The topological polar surface area (TPSA) is 109 Å². The first-order valence-electron chi connectivity index (χ1n) is 11.3. The Hall–Kier alpha value is -1.20. The Morgan fingerprint density at radius 2 is 1.00 bits per heavy atom. The molecule has 1 aromatic rings. The van der Waals surface area contributed by atoms with Gasteiger partial charge in [-0.25, -0.2) is 0 Å². The molecule has 2 aliphatic rings. The molecule has 0 bridgehead atoms. The highest BCUT2D eigenvalue weighted by molar-refractivity contribution is 7.98. The quantitative estimate of drug-likeness (QED) is 0.624. The summed E-state index contributed by atoms with van der Waals surface area (Å²) in [6.45, 7) is 15.9. The monoisotopic (exact) mass is 465 g/mol. The molecule has 0 aliphatic carbocycles. The van der Waals surface area contributed by atoms with Crippen molar-refractivity contribution in [2.45, 2.75) is 120 Å². The van der Waals surface area contributed by atoms with Crippen LogP contribution in [-0.2, 0) is 10.4 Å². The highest BCUT2D eigenvalue weighted by Crippen LogP contribution is 2.39. The first-order chi connectivity index (χ1) is 14.6. The van der Waals surface area contributed by atoms with Crippen molar-refractivity contribution < 1.29 is 10.4 Å². The van der Waals surface area contributed by atoms with Gasteiger partial charge < -0.3 is 10.6 Å². The van der Waals surface area contributed by atoms with Crippen LogP contribution in [0, 0.1) is 0 Å². The molecule has 180 valence electrons. The van der Waals surface area contributed by atoms with Gasteiger partial charge in [0.25, 0.3) is 0 Å². The normalized spacial score (nSPS) is 26.1. The number of piperidine rings is 2. The lowest BCUT2D eigenvalue weighted by Crippen LogP contribution is -2.60. The summed E-state index contributed by atoms with van der Waals surface area (Å²) in [5.74, 6) is 1.03. The van der Waals surface area contributed by atoms with Crippen LogP contribution < -0.4 is 10.6 Å². The number of hydrogen-bond acceptors (Lipinski definition) is 8. The molecule has 0 amide bonds. The largest absolute Gasteiger partial charge is 0.351 e. The van der Waals surface area contributed by atoms with Gasteiger partial charge in [-0.15, -0.1) is 20.5 Å². The zero-order valence-electron chi connectivity index (χ0n) is 20.9. The van der Waals surface area contributed by atoms with Gasteiger partial charge >= 0.3 is 0 Å². The highest BCUT2D eigenvalue weighted by Gasteiger charge is 2.47. The van der Waals surface area contributed by atoms with E-state index in [1.165, 1.54) is 21.9 Å². The van der Waals surface area contributed by atoms with Crippen LogP contribution in [0.4, 0.5) is 11.9 Å². The van der Waals surface area contributed by atoms with Gasteiger partial charge in [-0.05, 0) is 87.3 Å². The number of aromatic nitrogens is 3. The summed E-state index contributed by atoms with van der Waals surface area (Å²) in [7, 11) is 0. The van der Waals surface area contributed by atoms with Crippen LogP contribution in [0.25, 0.3) is 0 Å². The molecule has 0 saturated carbocycles. The molecular weight excluding hydrogens is 426 g/mol. The SMILES string of the molecule is CSc1nc(NC2CC(C)(C)N([O])C(C)(C)C2)nc(NC2CC(C)(C)N([O])C(C)(C)C2)n1. The third-order valence-corrected chi connectivity index (χ3v) is 7.19. The Morgan fingerprint density at radius 1 is 0.688 bits per heavy atom. The van der Waals surface area contributed by atoms with E-state index in [4.69, 9.17) is 0 Å². The van der Waals surface area contributed by atoms with Crippen molar-refractivity contribution in [3.05, 3.63) is 0 Å². The summed E-state index contributed by atoms with van der Waals surface area (Å²) in [5, 5.41) is 35.4. The minimum atomic E-state index is -0.473. The lowest BCUT2D eigenvalue weighted by Gasteiger charge is -2.50. The van der Waals surface area contributed by atoms with Crippen LogP contribution in [0.1, 0.15) is 81.1 Å². The molecular formula is C22H39N7O2S. The zero-order chi connectivity index (χ0) is 24.1. The molecule has 3 heterocycles. The van der Waals surface area contributed by atoms with Crippen LogP contribution in [0.2, 0.25) is 0 Å². The predicted octanol–water partition coefficient (Wildman–Crippen LogP) is 4.15. The van der Waals surface area contributed by atoms with E-state index < -0.39 is 22.2 Å². The van der Waals surface area contributed by atoms with Crippen molar-refractivity contribution in [2.75, 3.05) is 16.9 Å². The summed E-state index contributed by atoms with van der Waals surface area (Å²) < 4.78 is 0. The molecule has 32 heavy (non-hydrogen) atoms. The van der Waals surface area contributed by atoms with Gasteiger partial charge in [0, 0.05) is 34.2 Å². The highest BCUT2D eigenvalue weighted by atomic mass is 32.2. The number of hydrogen-bond donors (Lipinski definition) is 2. The molecule has 0 aromatic carbocycles. The maximum atomic E-state index is 12.7. The molecule has 3 rings (SSSR count). The van der Waals surface area contributed by atoms with Crippen LogP contribution in [-0.4, -0.2) is 65.6 Å². The summed E-state index contributed by atoms with van der Waals surface area (Å²) in [6.07, 6.45) is 4.74. The van der Waals surface area contributed by atoms with Gasteiger partial charge in [-0.3, -0.25) is 0 Å². The Balaban J connectivity index is 1.79. The maximum Gasteiger partial charge on any atom is 0.228 e. The first kappa shape index (κ1) is 25.4. The van der Waals surface area contributed by atoms with Crippen molar-refractivity contribution in [1.29, 1.82) is 0 Å². The fourth-order valence-corrected chi connectivity index (χ4v) is 6.03. The Labute approximate surface area is 196 Å². The number of rotatable bonds is 5. The summed E-state index contributed by atoms with van der Waals surface area (Å²) in [5.41, 5.74) is -1.89. The van der Waals surface area contributed by atoms with Crippen LogP contribution in [0.15, 0.2) is 5.16 Å². The maximum absolute atomic E-state index is 12.7. The van der Waals surface area contributed by atoms with Crippen molar-refractivity contribution in [2.24, 2.45) is 0 Å². The molecule has 2 fully saturated rings.